The van der Waals surface area contributed by atoms with Gasteiger partial charge < -0.3 is 14.8 Å². The molecule has 0 heterocycles. The highest BCUT2D eigenvalue weighted by Gasteiger charge is 2.18. The third-order valence-corrected chi connectivity index (χ3v) is 3.43. The molecule has 116 valence electrons. The first kappa shape index (κ1) is 17.6. The van der Waals surface area contributed by atoms with Gasteiger partial charge in [0.05, 0.1) is 30.2 Å². The molecular weight excluding hydrogens is 288 g/mol. The first-order valence-electron chi connectivity index (χ1n) is 7.04. The topological polar surface area (TPSA) is 54.3 Å². The van der Waals surface area contributed by atoms with Crippen molar-refractivity contribution in [3.8, 4) is 17.6 Å². The Kier molecular flexibility index (Phi) is 6.80. The van der Waals surface area contributed by atoms with Gasteiger partial charge in [-0.15, -0.1) is 0 Å². The van der Waals surface area contributed by atoms with E-state index in [4.69, 9.17) is 26.3 Å². The summed E-state index contributed by atoms with van der Waals surface area (Å²) in [5.41, 5.74) is 0.633. The maximum absolute atomic E-state index is 9.00. The summed E-state index contributed by atoms with van der Waals surface area (Å²) in [6.45, 7) is 7.86. The number of nitrogens with zero attached hydrogens (tertiary/aromatic N) is 1. The zero-order valence-corrected chi connectivity index (χ0v) is 13.9. The lowest BCUT2D eigenvalue weighted by Gasteiger charge is -2.18. The lowest BCUT2D eigenvalue weighted by Crippen LogP contribution is -2.14. The molecule has 0 aliphatic rings. The molecule has 0 bridgehead atoms. The van der Waals surface area contributed by atoms with Crippen molar-refractivity contribution >= 4 is 11.6 Å². The van der Waals surface area contributed by atoms with Crippen LogP contribution in [0.25, 0.3) is 0 Å². The van der Waals surface area contributed by atoms with Crippen LogP contribution >= 0.6 is 11.6 Å². The molecule has 0 radical (unpaired) electrons. The number of methoxy groups -OCH3 is 1. The van der Waals surface area contributed by atoms with Crippen molar-refractivity contribution in [3.05, 3.63) is 22.7 Å². The van der Waals surface area contributed by atoms with Crippen molar-refractivity contribution in [1.29, 1.82) is 5.26 Å². The third kappa shape index (κ3) is 5.45. The molecule has 1 aromatic rings. The molecule has 0 fully saturated rings. The Labute approximate surface area is 132 Å². The maximum Gasteiger partial charge on any atom is 0.179 e. The Morgan fingerprint density at radius 2 is 2.10 bits per heavy atom. The highest BCUT2D eigenvalue weighted by atomic mass is 35.5. The molecule has 1 aromatic carbocycles. The number of hydrogen-bond donors (Lipinski definition) is 1. The summed E-state index contributed by atoms with van der Waals surface area (Å²) in [5, 5.41) is 12.8. The number of nitrogens with one attached hydrogen (secondary N) is 1. The lowest BCUT2D eigenvalue weighted by atomic mass is 9.92. The Hall–Kier alpha value is -1.44. The summed E-state index contributed by atoms with van der Waals surface area (Å²) in [6, 6.07) is 6.04. The number of nitriles is 1. The molecule has 4 nitrogen and oxygen atoms in total. The average Bonchev–Trinajstić information content (AvgIpc) is 2.46. The van der Waals surface area contributed by atoms with Crippen LogP contribution in [-0.4, -0.2) is 20.3 Å². The van der Waals surface area contributed by atoms with Gasteiger partial charge in [0.1, 0.15) is 0 Å². The molecule has 0 aromatic heterocycles. The first-order valence-corrected chi connectivity index (χ1v) is 7.42. The molecule has 1 N–H and O–H groups in total. The quantitative estimate of drug-likeness (QED) is 0.794. The summed E-state index contributed by atoms with van der Waals surface area (Å²) >= 11 is 6.28. The van der Waals surface area contributed by atoms with E-state index >= 15 is 0 Å². The van der Waals surface area contributed by atoms with Gasteiger partial charge in [-0.3, -0.25) is 0 Å². The van der Waals surface area contributed by atoms with E-state index in [0.29, 0.717) is 29.5 Å². The standard InChI is InChI=1S/C16H23ClN2O2/c1-5-19-10-12-8-13(17)15(14(9-12)20-4)21-7-6-16(2,3)11-18/h8-9,19H,5-7,10H2,1-4H3. The average molecular weight is 311 g/mol. The van der Waals surface area contributed by atoms with Gasteiger partial charge in [-0.1, -0.05) is 18.5 Å². The van der Waals surface area contributed by atoms with Crippen molar-refractivity contribution in [1.82, 2.24) is 5.32 Å². The highest BCUT2D eigenvalue weighted by Crippen LogP contribution is 2.37. The molecular formula is C16H23ClN2O2. The van der Waals surface area contributed by atoms with Gasteiger partial charge in [0.15, 0.2) is 11.5 Å². The van der Waals surface area contributed by atoms with Crippen LogP contribution < -0.4 is 14.8 Å². The molecule has 0 saturated carbocycles. The molecule has 1 rings (SSSR count). The highest BCUT2D eigenvalue weighted by molar-refractivity contribution is 6.32. The van der Waals surface area contributed by atoms with E-state index in [1.165, 1.54) is 0 Å². The second-order valence-corrected chi connectivity index (χ2v) is 5.89. The van der Waals surface area contributed by atoms with Gasteiger partial charge in [-0.05, 0) is 44.5 Å². The molecule has 0 unspecified atom stereocenters. The molecule has 21 heavy (non-hydrogen) atoms. The molecule has 0 saturated heterocycles. The molecule has 0 aliphatic heterocycles. The normalized spacial score (nSPS) is 11.0. The monoisotopic (exact) mass is 310 g/mol. The van der Waals surface area contributed by atoms with Crippen molar-refractivity contribution in [2.75, 3.05) is 20.3 Å². The van der Waals surface area contributed by atoms with Crippen molar-refractivity contribution in [3.63, 3.8) is 0 Å². The van der Waals surface area contributed by atoms with Crippen LogP contribution in [0.4, 0.5) is 0 Å². The first-order chi connectivity index (χ1) is 9.93. The predicted octanol–water partition coefficient (Wildman–Crippen LogP) is 3.78. The fourth-order valence-corrected chi connectivity index (χ4v) is 2.04. The zero-order chi connectivity index (χ0) is 15.9. The van der Waals surface area contributed by atoms with E-state index in [1.54, 1.807) is 7.11 Å². The van der Waals surface area contributed by atoms with Gasteiger partial charge >= 0.3 is 0 Å². The molecule has 0 aliphatic carbocycles. The van der Waals surface area contributed by atoms with Gasteiger partial charge in [0, 0.05) is 6.54 Å². The van der Waals surface area contributed by atoms with Gasteiger partial charge in [-0.25, -0.2) is 0 Å². The second-order valence-electron chi connectivity index (χ2n) is 5.48. The van der Waals surface area contributed by atoms with E-state index < -0.39 is 5.41 Å². The Balaban J connectivity index is 2.80. The minimum atomic E-state index is -0.412. The van der Waals surface area contributed by atoms with Crippen LogP contribution in [-0.2, 0) is 6.54 Å². The van der Waals surface area contributed by atoms with Crippen LogP contribution in [0.15, 0.2) is 12.1 Å². The fraction of sp³-hybridized carbons (Fsp3) is 0.562. The number of ether oxygens (including phenoxy) is 2. The summed E-state index contributed by atoms with van der Waals surface area (Å²) in [5.74, 6) is 1.15. The lowest BCUT2D eigenvalue weighted by molar-refractivity contribution is 0.252. The van der Waals surface area contributed by atoms with Crippen LogP contribution in [0.1, 0.15) is 32.8 Å². The minimum absolute atomic E-state index is 0.412. The molecule has 0 atom stereocenters. The summed E-state index contributed by atoms with van der Waals surface area (Å²) in [7, 11) is 1.59. The Morgan fingerprint density at radius 3 is 2.67 bits per heavy atom. The molecule has 0 amide bonds. The third-order valence-electron chi connectivity index (χ3n) is 3.14. The van der Waals surface area contributed by atoms with E-state index in [1.807, 2.05) is 32.9 Å². The number of benzene rings is 1. The smallest absolute Gasteiger partial charge is 0.179 e. The number of halogens is 1. The van der Waals surface area contributed by atoms with Crippen molar-refractivity contribution < 1.29 is 9.47 Å². The van der Waals surface area contributed by atoms with E-state index in [-0.39, 0.29) is 0 Å². The summed E-state index contributed by atoms with van der Waals surface area (Å²) in [4.78, 5) is 0. The van der Waals surface area contributed by atoms with Crippen molar-refractivity contribution in [2.24, 2.45) is 5.41 Å². The Morgan fingerprint density at radius 1 is 1.38 bits per heavy atom. The van der Waals surface area contributed by atoms with E-state index in [0.717, 1.165) is 18.7 Å². The van der Waals surface area contributed by atoms with Crippen LogP contribution in [0, 0.1) is 16.7 Å². The summed E-state index contributed by atoms with van der Waals surface area (Å²) < 4.78 is 11.1. The van der Waals surface area contributed by atoms with Gasteiger partial charge in [0.25, 0.3) is 0 Å². The van der Waals surface area contributed by atoms with Crippen LogP contribution in [0.5, 0.6) is 11.5 Å². The predicted molar refractivity (Wildman–Crippen MR) is 84.9 cm³/mol. The molecule has 0 spiro atoms. The van der Waals surface area contributed by atoms with Crippen LogP contribution in [0.2, 0.25) is 5.02 Å². The largest absolute Gasteiger partial charge is 0.493 e. The zero-order valence-electron chi connectivity index (χ0n) is 13.1. The van der Waals surface area contributed by atoms with Gasteiger partial charge in [-0.2, -0.15) is 5.26 Å². The Bertz CT molecular complexity index is 510. The second kappa shape index (κ2) is 8.11. The SMILES string of the molecule is CCNCc1cc(Cl)c(OCCC(C)(C)C#N)c(OC)c1. The van der Waals surface area contributed by atoms with Crippen molar-refractivity contribution in [2.45, 2.75) is 33.7 Å². The number of hydrogen-bond acceptors (Lipinski definition) is 4. The van der Waals surface area contributed by atoms with Crippen LogP contribution in [0.3, 0.4) is 0 Å². The summed E-state index contributed by atoms with van der Waals surface area (Å²) in [6.07, 6.45) is 0.627. The number of rotatable bonds is 8. The fourth-order valence-electron chi connectivity index (χ4n) is 1.75. The van der Waals surface area contributed by atoms with Gasteiger partial charge in [0.2, 0.25) is 0 Å². The van der Waals surface area contributed by atoms with E-state index in [2.05, 4.69) is 11.4 Å². The maximum atomic E-state index is 9.00. The molecule has 5 heteroatoms. The van der Waals surface area contributed by atoms with E-state index in [9.17, 15) is 0 Å². The minimum Gasteiger partial charge on any atom is -0.493 e.